The molecule has 0 bridgehead atoms. The summed E-state index contributed by atoms with van der Waals surface area (Å²) in [6.07, 6.45) is 2.10. The van der Waals surface area contributed by atoms with Gasteiger partial charge in [-0.25, -0.2) is 0 Å². The SMILES string of the molecule is CCc1ccc(C2CC(N)CN(CC#N)C2)cc1. The van der Waals surface area contributed by atoms with Gasteiger partial charge in [-0.1, -0.05) is 31.2 Å². The Bertz CT molecular complexity index is 418. The molecule has 1 aliphatic rings. The summed E-state index contributed by atoms with van der Waals surface area (Å²) in [5.41, 5.74) is 8.81. The average Bonchev–Trinajstić information content (AvgIpc) is 2.38. The monoisotopic (exact) mass is 243 g/mol. The molecular weight excluding hydrogens is 222 g/mol. The van der Waals surface area contributed by atoms with Crippen LogP contribution >= 0.6 is 0 Å². The molecule has 96 valence electrons. The largest absolute Gasteiger partial charge is 0.327 e. The molecule has 1 saturated heterocycles. The number of rotatable bonds is 3. The Morgan fingerprint density at radius 3 is 2.67 bits per heavy atom. The van der Waals surface area contributed by atoms with E-state index in [1.54, 1.807) is 0 Å². The van der Waals surface area contributed by atoms with E-state index in [0.29, 0.717) is 12.5 Å². The fraction of sp³-hybridized carbons (Fsp3) is 0.533. The maximum Gasteiger partial charge on any atom is 0.0866 e. The van der Waals surface area contributed by atoms with Gasteiger partial charge in [-0.3, -0.25) is 4.90 Å². The van der Waals surface area contributed by atoms with Crippen LogP contribution in [-0.4, -0.2) is 30.6 Å². The van der Waals surface area contributed by atoms with E-state index in [2.05, 4.69) is 42.2 Å². The van der Waals surface area contributed by atoms with Gasteiger partial charge in [-0.05, 0) is 29.9 Å². The number of hydrogen-bond donors (Lipinski definition) is 1. The topological polar surface area (TPSA) is 53.0 Å². The summed E-state index contributed by atoms with van der Waals surface area (Å²) >= 11 is 0. The normalized spacial score (nSPS) is 24.7. The molecule has 0 aliphatic carbocycles. The quantitative estimate of drug-likeness (QED) is 0.825. The molecule has 18 heavy (non-hydrogen) atoms. The Morgan fingerprint density at radius 1 is 1.33 bits per heavy atom. The minimum atomic E-state index is 0.183. The van der Waals surface area contributed by atoms with Crippen molar-refractivity contribution in [2.24, 2.45) is 5.73 Å². The highest BCUT2D eigenvalue weighted by Crippen LogP contribution is 2.26. The van der Waals surface area contributed by atoms with Crippen LogP contribution in [0.15, 0.2) is 24.3 Å². The lowest BCUT2D eigenvalue weighted by Gasteiger charge is -2.35. The average molecular weight is 243 g/mol. The molecule has 1 aromatic rings. The molecule has 2 unspecified atom stereocenters. The number of nitrogens with zero attached hydrogens (tertiary/aromatic N) is 2. The number of hydrogen-bond acceptors (Lipinski definition) is 3. The zero-order chi connectivity index (χ0) is 13.0. The molecule has 3 heteroatoms. The van der Waals surface area contributed by atoms with Crippen molar-refractivity contribution in [2.75, 3.05) is 19.6 Å². The fourth-order valence-electron chi connectivity index (χ4n) is 2.73. The molecule has 2 rings (SSSR count). The molecular formula is C15H21N3. The summed E-state index contributed by atoms with van der Waals surface area (Å²) in [6, 6.07) is 11.2. The Labute approximate surface area is 109 Å². The van der Waals surface area contributed by atoms with Gasteiger partial charge in [0.15, 0.2) is 0 Å². The second-order valence-electron chi connectivity index (χ2n) is 5.14. The molecule has 1 aliphatic heterocycles. The minimum Gasteiger partial charge on any atom is -0.327 e. The molecule has 3 nitrogen and oxygen atoms in total. The maximum atomic E-state index is 8.80. The van der Waals surface area contributed by atoms with Gasteiger partial charge in [-0.2, -0.15) is 5.26 Å². The summed E-state index contributed by atoms with van der Waals surface area (Å²) in [5.74, 6) is 0.466. The molecule has 2 N–H and O–H groups in total. The first kappa shape index (κ1) is 13.1. The first-order valence-corrected chi connectivity index (χ1v) is 6.66. The first-order valence-electron chi connectivity index (χ1n) is 6.66. The van der Waals surface area contributed by atoms with Crippen LogP contribution in [0, 0.1) is 11.3 Å². The number of nitrogens with two attached hydrogens (primary N) is 1. The summed E-state index contributed by atoms with van der Waals surface area (Å²) in [6.45, 7) is 4.45. The van der Waals surface area contributed by atoms with E-state index >= 15 is 0 Å². The molecule has 0 spiro atoms. The van der Waals surface area contributed by atoms with Crippen molar-refractivity contribution in [1.82, 2.24) is 4.90 Å². The van der Waals surface area contributed by atoms with Crippen molar-refractivity contribution in [3.05, 3.63) is 35.4 Å². The highest BCUT2D eigenvalue weighted by Gasteiger charge is 2.25. The van der Waals surface area contributed by atoms with Crippen LogP contribution in [0.1, 0.15) is 30.4 Å². The third kappa shape index (κ3) is 3.10. The third-order valence-electron chi connectivity index (χ3n) is 3.71. The predicted molar refractivity (Wildman–Crippen MR) is 73.2 cm³/mol. The van der Waals surface area contributed by atoms with E-state index in [1.807, 2.05) is 0 Å². The molecule has 0 radical (unpaired) electrons. The predicted octanol–water partition coefficient (Wildman–Crippen LogP) is 1.89. The Hall–Kier alpha value is -1.37. The Morgan fingerprint density at radius 2 is 2.06 bits per heavy atom. The molecule has 0 amide bonds. The standard InChI is InChI=1S/C15H21N3/c1-2-12-3-5-13(6-4-12)14-9-15(17)11-18(10-14)8-7-16/h3-6,14-15H,2,8-11,17H2,1H3. The summed E-state index contributed by atoms with van der Waals surface area (Å²) in [7, 11) is 0. The molecule has 1 fully saturated rings. The van der Waals surface area contributed by atoms with Crippen LogP contribution in [0.4, 0.5) is 0 Å². The molecule has 2 atom stereocenters. The summed E-state index contributed by atoms with van der Waals surface area (Å²) < 4.78 is 0. The van der Waals surface area contributed by atoms with Crippen LogP contribution in [-0.2, 0) is 6.42 Å². The lowest BCUT2D eigenvalue weighted by atomic mass is 9.88. The summed E-state index contributed by atoms with van der Waals surface area (Å²) in [4.78, 5) is 2.16. The van der Waals surface area contributed by atoms with Gasteiger partial charge in [0.1, 0.15) is 0 Å². The van der Waals surface area contributed by atoms with Crippen molar-refractivity contribution in [3.8, 4) is 6.07 Å². The van der Waals surface area contributed by atoms with Crippen LogP contribution in [0.3, 0.4) is 0 Å². The van der Waals surface area contributed by atoms with Crippen LogP contribution in [0.5, 0.6) is 0 Å². The van der Waals surface area contributed by atoms with Gasteiger partial charge >= 0.3 is 0 Å². The minimum absolute atomic E-state index is 0.183. The van der Waals surface area contributed by atoms with E-state index in [9.17, 15) is 0 Å². The van der Waals surface area contributed by atoms with Gasteiger partial charge in [0.05, 0.1) is 12.6 Å². The van der Waals surface area contributed by atoms with Crippen molar-refractivity contribution in [2.45, 2.75) is 31.7 Å². The lowest BCUT2D eigenvalue weighted by molar-refractivity contribution is 0.209. The number of benzene rings is 1. The van der Waals surface area contributed by atoms with Gasteiger partial charge < -0.3 is 5.73 Å². The zero-order valence-electron chi connectivity index (χ0n) is 11.0. The van der Waals surface area contributed by atoms with Crippen molar-refractivity contribution < 1.29 is 0 Å². The fourth-order valence-corrected chi connectivity index (χ4v) is 2.73. The van der Waals surface area contributed by atoms with Crippen molar-refractivity contribution in [3.63, 3.8) is 0 Å². The van der Waals surface area contributed by atoms with E-state index in [-0.39, 0.29) is 6.04 Å². The zero-order valence-corrected chi connectivity index (χ0v) is 11.0. The highest BCUT2D eigenvalue weighted by molar-refractivity contribution is 5.26. The first-order chi connectivity index (χ1) is 8.72. The number of aryl methyl sites for hydroxylation is 1. The van der Waals surface area contributed by atoms with Gasteiger partial charge in [0.2, 0.25) is 0 Å². The van der Waals surface area contributed by atoms with Crippen LogP contribution < -0.4 is 5.73 Å². The molecule has 0 aromatic heterocycles. The Balaban J connectivity index is 2.08. The second-order valence-corrected chi connectivity index (χ2v) is 5.14. The van der Waals surface area contributed by atoms with Crippen molar-refractivity contribution in [1.29, 1.82) is 5.26 Å². The third-order valence-corrected chi connectivity index (χ3v) is 3.71. The highest BCUT2D eigenvalue weighted by atomic mass is 15.1. The smallest absolute Gasteiger partial charge is 0.0866 e. The van der Waals surface area contributed by atoms with E-state index in [1.165, 1.54) is 11.1 Å². The Kier molecular flexibility index (Phi) is 4.35. The van der Waals surface area contributed by atoms with E-state index in [4.69, 9.17) is 11.0 Å². The van der Waals surface area contributed by atoms with Crippen LogP contribution in [0.25, 0.3) is 0 Å². The van der Waals surface area contributed by atoms with Crippen molar-refractivity contribution >= 4 is 0 Å². The number of nitriles is 1. The summed E-state index contributed by atoms with van der Waals surface area (Å²) in [5, 5.41) is 8.80. The number of likely N-dealkylation sites (tertiary alicyclic amines) is 1. The van der Waals surface area contributed by atoms with E-state index < -0.39 is 0 Å². The van der Waals surface area contributed by atoms with Gasteiger partial charge in [-0.15, -0.1) is 0 Å². The molecule has 1 heterocycles. The van der Waals surface area contributed by atoms with Gasteiger partial charge in [0.25, 0.3) is 0 Å². The van der Waals surface area contributed by atoms with Crippen LogP contribution in [0.2, 0.25) is 0 Å². The molecule has 1 aromatic carbocycles. The maximum absolute atomic E-state index is 8.80. The number of piperidine rings is 1. The van der Waals surface area contributed by atoms with Gasteiger partial charge in [0, 0.05) is 19.1 Å². The van der Waals surface area contributed by atoms with E-state index in [0.717, 1.165) is 25.9 Å². The lowest BCUT2D eigenvalue weighted by Crippen LogP contribution is -2.46. The molecule has 0 saturated carbocycles. The second kappa shape index (κ2) is 5.99.